The van der Waals surface area contributed by atoms with Gasteiger partial charge in [0.05, 0.1) is 0 Å². The van der Waals surface area contributed by atoms with E-state index in [0.29, 0.717) is 19.3 Å². The van der Waals surface area contributed by atoms with Gasteiger partial charge in [-0.25, -0.2) is 0 Å². The number of carbonyl (C=O) groups excluding carboxylic acids is 3. The number of unbranched alkanes of at least 4 members (excludes halogenated alkanes) is 36. The lowest BCUT2D eigenvalue weighted by Gasteiger charge is -2.18. The maximum atomic E-state index is 12.9. The van der Waals surface area contributed by atoms with E-state index < -0.39 is 6.10 Å². The van der Waals surface area contributed by atoms with Crippen molar-refractivity contribution < 1.29 is 28.6 Å². The Morgan fingerprint density at radius 2 is 0.500 bits per heavy atom. The third-order valence-electron chi connectivity index (χ3n) is 14.6. The first-order chi connectivity index (χ1) is 38.5. The van der Waals surface area contributed by atoms with Crippen molar-refractivity contribution in [2.75, 3.05) is 13.2 Å². The van der Waals surface area contributed by atoms with Crippen molar-refractivity contribution in [1.82, 2.24) is 0 Å². The Hall–Kier alpha value is -3.41. The zero-order valence-corrected chi connectivity index (χ0v) is 51.7. The lowest BCUT2D eigenvalue weighted by Crippen LogP contribution is -2.30. The van der Waals surface area contributed by atoms with Gasteiger partial charge in [0.25, 0.3) is 0 Å². The molecule has 0 aliphatic carbocycles. The lowest BCUT2D eigenvalue weighted by molar-refractivity contribution is -0.167. The van der Waals surface area contributed by atoms with Crippen LogP contribution in [0.4, 0.5) is 0 Å². The molecule has 6 heteroatoms. The SMILES string of the molecule is CC/C=C\C/C=C\C/C=C\C/C=C\C/C=C\C/C=C\CCCCCCCCCCCCC(=O)OCC(COC(=O)CCCCCCCCCC)OC(=O)CCCCCCCCCCCCC/C=C\CCCCCCCCCC. The first-order valence-corrected chi connectivity index (χ1v) is 33.6. The summed E-state index contributed by atoms with van der Waals surface area (Å²) in [6.07, 6.45) is 87.6. The van der Waals surface area contributed by atoms with E-state index in [4.69, 9.17) is 14.2 Å². The summed E-state index contributed by atoms with van der Waals surface area (Å²) in [4.78, 5) is 38.2. The van der Waals surface area contributed by atoms with Crippen LogP contribution in [0, 0.1) is 0 Å². The molecule has 450 valence electrons. The van der Waals surface area contributed by atoms with Gasteiger partial charge in [0.15, 0.2) is 6.10 Å². The highest BCUT2D eigenvalue weighted by molar-refractivity contribution is 5.71. The highest BCUT2D eigenvalue weighted by Gasteiger charge is 2.19. The topological polar surface area (TPSA) is 78.9 Å². The number of carbonyl (C=O) groups is 3. The van der Waals surface area contributed by atoms with Crippen LogP contribution >= 0.6 is 0 Å². The molecule has 0 bridgehead atoms. The second-order valence-corrected chi connectivity index (χ2v) is 22.4. The maximum absolute atomic E-state index is 12.9. The molecule has 6 nitrogen and oxygen atoms in total. The largest absolute Gasteiger partial charge is 0.462 e. The van der Waals surface area contributed by atoms with Crippen molar-refractivity contribution in [3.8, 4) is 0 Å². The molecule has 0 N–H and O–H groups in total. The smallest absolute Gasteiger partial charge is 0.306 e. The van der Waals surface area contributed by atoms with Crippen molar-refractivity contribution in [2.45, 2.75) is 341 Å². The third kappa shape index (κ3) is 63.4. The molecule has 0 saturated carbocycles. The molecule has 0 aromatic rings. The average molecular weight is 1090 g/mol. The fraction of sp³-hybridized carbons (Fsp3) is 0.764. The van der Waals surface area contributed by atoms with E-state index in [1.807, 2.05) is 0 Å². The quantitative estimate of drug-likeness (QED) is 0.0261. The molecule has 1 unspecified atom stereocenters. The minimum atomic E-state index is -0.776. The minimum absolute atomic E-state index is 0.0746. The normalized spacial score (nSPS) is 12.6. The second-order valence-electron chi connectivity index (χ2n) is 22.4. The van der Waals surface area contributed by atoms with Gasteiger partial charge in [-0.1, -0.05) is 305 Å². The van der Waals surface area contributed by atoms with Gasteiger partial charge >= 0.3 is 17.9 Å². The fourth-order valence-electron chi connectivity index (χ4n) is 9.62. The predicted octanol–water partition coefficient (Wildman–Crippen LogP) is 23.1. The standard InChI is InChI=1S/C72H126O6/c1-4-7-10-13-16-19-21-23-25-27-29-31-33-34-35-36-37-38-40-41-43-45-47-49-51-53-56-59-62-65-71(74)77-68-69(67-76-70(73)64-61-58-55-18-15-12-9-6-3)78-72(75)66-63-60-57-54-52-50-48-46-44-42-39-32-30-28-26-24-22-20-17-14-11-8-5-2/h7,10,16,19,23,25,28-31,34-35,37-38,69H,4-6,8-9,11-15,17-18,20-22,24,26-27,32-33,36,39-68H2,1-3H3/b10-7-,19-16-,25-23-,30-28-,31-29-,35-34-,38-37-. The van der Waals surface area contributed by atoms with E-state index in [0.717, 1.165) is 96.3 Å². The molecule has 0 rings (SSSR count). The highest BCUT2D eigenvalue weighted by Crippen LogP contribution is 2.17. The van der Waals surface area contributed by atoms with Gasteiger partial charge in [-0.15, -0.1) is 0 Å². The molecule has 0 radical (unpaired) electrons. The van der Waals surface area contributed by atoms with Crippen LogP contribution in [-0.4, -0.2) is 37.2 Å². The van der Waals surface area contributed by atoms with Gasteiger partial charge in [-0.2, -0.15) is 0 Å². The van der Waals surface area contributed by atoms with Gasteiger partial charge < -0.3 is 14.2 Å². The van der Waals surface area contributed by atoms with Crippen LogP contribution in [0.25, 0.3) is 0 Å². The van der Waals surface area contributed by atoms with Crippen molar-refractivity contribution in [3.05, 3.63) is 85.1 Å². The van der Waals surface area contributed by atoms with E-state index in [2.05, 4.69) is 106 Å². The van der Waals surface area contributed by atoms with E-state index in [9.17, 15) is 14.4 Å². The van der Waals surface area contributed by atoms with Crippen LogP contribution in [-0.2, 0) is 28.6 Å². The first-order valence-electron chi connectivity index (χ1n) is 33.6. The number of hydrogen-bond acceptors (Lipinski definition) is 6. The molecule has 0 aliphatic rings. The van der Waals surface area contributed by atoms with Gasteiger partial charge in [-0.05, 0) is 96.3 Å². The molecule has 0 aromatic heterocycles. The number of hydrogen-bond donors (Lipinski definition) is 0. The summed E-state index contributed by atoms with van der Waals surface area (Å²) >= 11 is 0. The van der Waals surface area contributed by atoms with Crippen molar-refractivity contribution in [3.63, 3.8) is 0 Å². The van der Waals surface area contributed by atoms with Crippen molar-refractivity contribution in [1.29, 1.82) is 0 Å². The van der Waals surface area contributed by atoms with Gasteiger partial charge in [0, 0.05) is 19.3 Å². The Kier molecular flexibility index (Phi) is 63.2. The highest BCUT2D eigenvalue weighted by atomic mass is 16.6. The van der Waals surface area contributed by atoms with Gasteiger partial charge in [0.2, 0.25) is 0 Å². The first kappa shape index (κ1) is 74.6. The molecule has 78 heavy (non-hydrogen) atoms. The molecule has 0 aliphatic heterocycles. The van der Waals surface area contributed by atoms with Gasteiger partial charge in [0.1, 0.15) is 13.2 Å². The van der Waals surface area contributed by atoms with Crippen LogP contribution in [0.5, 0.6) is 0 Å². The monoisotopic (exact) mass is 1090 g/mol. The Labute approximate surface area is 484 Å². The lowest BCUT2D eigenvalue weighted by atomic mass is 10.0. The third-order valence-corrected chi connectivity index (χ3v) is 14.6. The summed E-state index contributed by atoms with van der Waals surface area (Å²) < 4.78 is 16.9. The van der Waals surface area contributed by atoms with E-state index in [1.54, 1.807) is 0 Å². The fourth-order valence-corrected chi connectivity index (χ4v) is 9.62. The minimum Gasteiger partial charge on any atom is -0.462 e. The maximum Gasteiger partial charge on any atom is 0.306 e. The van der Waals surface area contributed by atoms with Crippen LogP contribution in [0.3, 0.4) is 0 Å². The number of allylic oxidation sites excluding steroid dienone is 14. The Morgan fingerprint density at radius 3 is 0.795 bits per heavy atom. The molecule has 0 saturated heterocycles. The molecule has 0 fully saturated rings. The summed E-state index contributed by atoms with van der Waals surface area (Å²) in [6, 6.07) is 0. The molecule has 0 spiro atoms. The molecular weight excluding hydrogens is 961 g/mol. The Balaban J connectivity index is 4.15. The average Bonchev–Trinajstić information content (AvgIpc) is 3.44. The van der Waals surface area contributed by atoms with Gasteiger partial charge in [-0.3, -0.25) is 14.4 Å². The Morgan fingerprint density at radius 1 is 0.269 bits per heavy atom. The van der Waals surface area contributed by atoms with Crippen LogP contribution in [0.15, 0.2) is 85.1 Å². The van der Waals surface area contributed by atoms with Crippen LogP contribution in [0.1, 0.15) is 335 Å². The molecule has 0 heterocycles. The zero-order valence-electron chi connectivity index (χ0n) is 51.7. The van der Waals surface area contributed by atoms with E-state index >= 15 is 0 Å². The number of rotatable bonds is 61. The van der Waals surface area contributed by atoms with Crippen molar-refractivity contribution in [2.24, 2.45) is 0 Å². The Bertz CT molecular complexity index is 1480. The molecule has 1 atom stereocenters. The molecule has 0 aromatic carbocycles. The zero-order chi connectivity index (χ0) is 56.4. The number of ether oxygens (including phenoxy) is 3. The summed E-state index contributed by atoms with van der Waals surface area (Å²) in [5.41, 5.74) is 0. The van der Waals surface area contributed by atoms with Crippen LogP contribution < -0.4 is 0 Å². The van der Waals surface area contributed by atoms with Crippen LogP contribution in [0.2, 0.25) is 0 Å². The van der Waals surface area contributed by atoms with E-state index in [1.165, 1.54) is 199 Å². The summed E-state index contributed by atoms with van der Waals surface area (Å²) in [6.45, 7) is 6.53. The van der Waals surface area contributed by atoms with Crippen molar-refractivity contribution >= 4 is 17.9 Å². The molecular formula is C72H126O6. The summed E-state index contributed by atoms with van der Waals surface area (Å²) in [5.74, 6) is -0.870. The van der Waals surface area contributed by atoms with E-state index in [-0.39, 0.29) is 31.1 Å². The second kappa shape index (κ2) is 66.1. The number of esters is 3. The molecule has 0 amide bonds. The predicted molar refractivity (Wildman–Crippen MR) is 339 cm³/mol. The summed E-state index contributed by atoms with van der Waals surface area (Å²) in [5, 5.41) is 0. The summed E-state index contributed by atoms with van der Waals surface area (Å²) in [7, 11) is 0.